The number of aryl methyl sites for hydroxylation is 1. The molecular weight excluding hydrogens is 460 g/mol. The number of amides is 4. The van der Waals surface area contributed by atoms with Gasteiger partial charge in [0.05, 0.1) is 6.42 Å². The van der Waals surface area contributed by atoms with E-state index in [1.807, 2.05) is 19.1 Å². The molecule has 0 radical (unpaired) electrons. The van der Waals surface area contributed by atoms with Crippen molar-refractivity contribution in [3.63, 3.8) is 0 Å². The maximum atomic E-state index is 13.8. The number of nitrogens with one attached hydrogen (secondary N) is 2. The lowest BCUT2D eigenvalue weighted by Gasteiger charge is -2.37. The van der Waals surface area contributed by atoms with Gasteiger partial charge in [0.2, 0.25) is 11.8 Å². The molecule has 0 saturated heterocycles. The van der Waals surface area contributed by atoms with Gasteiger partial charge in [0.15, 0.2) is 0 Å². The molecule has 9 nitrogen and oxygen atoms in total. The molecule has 2 aromatic carbocycles. The topological polar surface area (TPSA) is 131 Å². The maximum absolute atomic E-state index is 13.8. The van der Waals surface area contributed by atoms with Gasteiger partial charge in [-0.3, -0.25) is 14.4 Å². The SMILES string of the molecule is Cc1ccccc1NC(=O)C(c1ccccc1)N(C(=O)C(CC(N)=O)NC(=O)OC(C)(C)C)C(C)C. The average molecular weight is 497 g/mol. The summed E-state index contributed by atoms with van der Waals surface area (Å²) in [6.07, 6.45) is -1.33. The number of alkyl carbamates (subject to hydrolysis) is 1. The lowest BCUT2D eigenvalue weighted by Crippen LogP contribution is -2.55. The maximum Gasteiger partial charge on any atom is 0.408 e. The standard InChI is InChI=1S/C27H36N4O5/c1-17(2)31(25(34)21(16-22(28)32)30-26(35)36-27(4,5)6)23(19-13-8-7-9-14-19)24(33)29-20-15-11-10-12-18(20)3/h7-15,17,21,23H,16H2,1-6H3,(H2,28,32)(H,29,33)(H,30,35). The first kappa shape index (κ1) is 28.4. The predicted molar refractivity (Wildman–Crippen MR) is 138 cm³/mol. The summed E-state index contributed by atoms with van der Waals surface area (Å²) >= 11 is 0. The molecule has 0 aromatic heterocycles. The second-order valence-electron chi connectivity index (χ2n) is 9.83. The van der Waals surface area contributed by atoms with E-state index in [0.29, 0.717) is 11.3 Å². The third-order valence-electron chi connectivity index (χ3n) is 5.25. The minimum absolute atomic E-state index is 0.437. The quantitative estimate of drug-likeness (QED) is 0.487. The van der Waals surface area contributed by atoms with Crippen LogP contribution in [0, 0.1) is 6.92 Å². The number of para-hydroxylation sites is 1. The Morgan fingerprint density at radius 1 is 0.972 bits per heavy atom. The van der Waals surface area contributed by atoms with Gasteiger partial charge >= 0.3 is 6.09 Å². The highest BCUT2D eigenvalue weighted by Crippen LogP contribution is 2.27. The number of rotatable bonds is 9. The Kier molecular flexibility index (Phi) is 9.60. The molecule has 2 rings (SSSR count). The second kappa shape index (κ2) is 12.2. The van der Waals surface area contributed by atoms with Gasteiger partial charge in [-0.15, -0.1) is 0 Å². The normalized spacial score (nSPS) is 12.9. The number of anilines is 1. The first-order valence-corrected chi connectivity index (χ1v) is 11.8. The molecule has 9 heteroatoms. The summed E-state index contributed by atoms with van der Waals surface area (Å²) in [5, 5.41) is 5.37. The van der Waals surface area contributed by atoms with Gasteiger partial charge in [0, 0.05) is 11.7 Å². The number of nitrogens with zero attached hydrogens (tertiary/aromatic N) is 1. The molecule has 194 valence electrons. The number of primary amides is 1. The van der Waals surface area contributed by atoms with E-state index in [9.17, 15) is 19.2 Å². The number of benzene rings is 2. The summed E-state index contributed by atoms with van der Waals surface area (Å²) < 4.78 is 5.27. The van der Waals surface area contributed by atoms with Crippen molar-refractivity contribution in [2.75, 3.05) is 5.32 Å². The molecule has 0 heterocycles. The Balaban J connectivity index is 2.49. The highest BCUT2D eigenvalue weighted by atomic mass is 16.6. The molecule has 4 amide bonds. The summed E-state index contributed by atoms with van der Waals surface area (Å²) in [6, 6.07) is 13.3. The molecule has 0 saturated carbocycles. The molecule has 36 heavy (non-hydrogen) atoms. The highest BCUT2D eigenvalue weighted by molar-refractivity contribution is 6.00. The number of nitrogens with two attached hydrogens (primary N) is 1. The zero-order valence-corrected chi connectivity index (χ0v) is 21.7. The van der Waals surface area contributed by atoms with E-state index in [-0.39, 0.29) is 0 Å². The van der Waals surface area contributed by atoms with Gasteiger partial charge in [-0.05, 0) is 58.7 Å². The van der Waals surface area contributed by atoms with Crippen LogP contribution in [-0.2, 0) is 19.1 Å². The van der Waals surface area contributed by atoms with E-state index >= 15 is 0 Å². The predicted octanol–water partition coefficient (Wildman–Crippen LogP) is 3.68. The van der Waals surface area contributed by atoms with Gasteiger partial charge in [0.1, 0.15) is 17.7 Å². The molecule has 2 atom stereocenters. The van der Waals surface area contributed by atoms with Crippen LogP contribution in [-0.4, -0.2) is 46.4 Å². The summed E-state index contributed by atoms with van der Waals surface area (Å²) in [5.74, 6) is -1.86. The number of hydrogen-bond donors (Lipinski definition) is 3. The van der Waals surface area contributed by atoms with Gasteiger partial charge in [-0.1, -0.05) is 48.5 Å². The van der Waals surface area contributed by atoms with Gasteiger partial charge < -0.3 is 26.0 Å². The lowest BCUT2D eigenvalue weighted by molar-refractivity contribution is -0.143. The summed E-state index contributed by atoms with van der Waals surface area (Å²) in [6.45, 7) is 10.4. The molecule has 2 aromatic rings. The van der Waals surface area contributed by atoms with E-state index in [0.717, 1.165) is 5.56 Å². The van der Waals surface area contributed by atoms with Crippen molar-refractivity contribution >= 4 is 29.5 Å². The van der Waals surface area contributed by atoms with Crippen LogP contribution >= 0.6 is 0 Å². The van der Waals surface area contributed by atoms with Crippen LogP contribution in [0.5, 0.6) is 0 Å². The van der Waals surface area contributed by atoms with Gasteiger partial charge in [-0.25, -0.2) is 4.79 Å². The van der Waals surface area contributed by atoms with Gasteiger partial charge in [-0.2, -0.15) is 0 Å². The summed E-state index contributed by atoms with van der Waals surface area (Å²) in [7, 11) is 0. The average Bonchev–Trinajstić information content (AvgIpc) is 2.76. The Bertz CT molecular complexity index is 1080. The fourth-order valence-electron chi connectivity index (χ4n) is 3.70. The number of hydrogen-bond acceptors (Lipinski definition) is 5. The monoisotopic (exact) mass is 496 g/mol. The smallest absolute Gasteiger partial charge is 0.408 e. The van der Waals surface area contributed by atoms with E-state index in [1.54, 1.807) is 77.1 Å². The second-order valence-corrected chi connectivity index (χ2v) is 9.83. The molecular formula is C27H36N4O5. The number of carbonyl (C=O) groups is 4. The zero-order chi connectivity index (χ0) is 27.0. The van der Waals surface area contributed by atoms with Crippen molar-refractivity contribution in [2.24, 2.45) is 5.73 Å². The molecule has 2 unspecified atom stereocenters. The van der Waals surface area contributed by atoms with Crippen LogP contribution in [0.3, 0.4) is 0 Å². The Hall–Kier alpha value is -3.88. The first-order valence-electron chi connectivity index (χ1n) is 11.8. The van der Waals surface area contributed by atoms with E-state index in [1.165, 1.54) is 4.90 Å². The van der Waals surface area contributed by atoms with Crippen molar-refractivity contribution in [1.82, 2.24) is 10.2 Å². The fourth-order valence-corrected chi connectivity index (χ4v) is 3.70. The minimum Gasteiger partial charge on any atom is -0.444 e. The third-order valence-corrected chi connectivity index (χ3v) is 5.25. The minimum atomic E-state index is -1.32. The largest absolute Gasteiger partial charge is 0.444 e. The zero-order valence-electron chi connectivity index (χ0n) is 21.7. The van der Waals surface area contributed by atoms with Crippen LogP contribution in [0.15, 0.2) is 54.6 Å². The van der Waals surface area contributed by atoms with E-state index < -0.39 is 54.0 Å². The molecule has 0 aliphatic rings. The summed E-state index contributed by atoms with van der Waals surface area (Å²) in [5.41, 5.74) is 6.62. The van der Waals surface area contributed by atoms with Crippen molar-refractivity contribution in [1.29, 1.82) is 0 Å². The summed E-state index contributed by atoms with van der Waals surface area (Å²) in [4.78, 5) is 53.1. The highest BCUT2D eigenvalue weighted by Gasteiger charge is 2.38. The Morgan fingerprint density at radius 2 is 1.56 bits per heavy atom. The molecule has 0 bridgehead atoms. The van der Waals surface area contributed by atoms with Crippen molar-refractivity contribution in [3.8, 4) is 0 Å². The number of ether oxygens (including phenoxy) is 1. The van der Waals surface area contributed by atoms with Crippen molar-refractivity contribution in [3.05, 3.63) is 65.7 Å². The van der Waals surface area contributed by atoms with Crippen LogP contribution in [0.4, 0.5) is 10.5 Å². The molecule has 0 aliphatic carbocycles. The van der Waals surface area contributed by atoms with Gasteiger partial charge in [0.25, 0.3) is 5.91 Å². The first-order chi connectivity index (χ1) is 16.8. The lowest BCUT2D eigenvalue weighted by atomic mass is 10.00. The fraction of sp³-hybridized carbons (Fsp3) is 0.407. The number of carbonyl (C=O) groups excluding carboxylic acids is 4. The van der Waals surface area contributed by atoms with Crippen LogP contribution in [0.25, 0.3) is 0 Å². The molecule has 0 spiro atoms. The molecule has 0 aliphatic heterocycles. The van der Waals surface area contributed by atoms with Crippen LogP contribution < -0.4 is 16.4 Å². The van der Waals surface area contributed by atoms with E-state index in [2.05, 4.69) is 10.6 Å². The molecule has 4 N–H and O–H groups in total. The Morgan fingerprint density at radius 3 is 2.08 bits per heavy atom. The van der Waals surface area contributed by atoms with E-state index in [4.69, 9.17) is 10.5 Å². The Labute approximate surface area is 212 Å². The third kappa shape index (κ3) is 8.11. The van der Waals surface area contributed by atoms with Crippen LogP contribution in [0.2, 0.25) is 0 Å². The molecule has 0 fully saturated rings. The van der Waals surface area contributed by atoms with Crippen molar-refractivity contribution in [2.45, 2.75) is 71.7 Å². The van der Waals surface area contributed by atoms with Crippen LogP contribution in [0.1, 0.15) is 58.2 Å². The van der Waals surface area contributed by atoms with Crippen molar-refractivity contribution < 1.29 is 23.9 Å².